The molecule has 23 heavy (non-hydrogen) atoms. The minimum atomic E-state index is -0.691. The third kappa shape index (κ3) is 2.36. The normalized spacial score (nSPS) is 27.7. The van der Waals surface area contributed by atoms with Crippen LogP contribution in [0.1, 0.15) is 19.3 Å². The molecule has 1 aromatic heterocycles. The van der Waals surface area contributed by atoms with Gasteiger partial charge < -0.3 is 15.3 Å². The Balaban J connectivity index is 1.67. The number of hydrogen-bond acceptors (Lipinski definition) is 4. The third-order valence-electron chi connectivity index (χ3n) is 5.35. The molecule has 0 amide bonds. The molecule has 0 aliphatic carbocycles. The van der Waals surface area contributed by atoms with Gasteiger partial charge in [0, 0.05) is 24.5 Å². The van der Waals surface area contributed by atoms with E-state index in [4.69, 9.17) is 4.98 Å². The lowest BCUT2D eigenvalue weighted by atomic mass is 9.70. The van der Waals surface area contributed by atoms with Crippen LogP contribution in [0.3, 0.4) is 0 Å². The summed E-state index contributed by atoms with van der Waals surface area (Å²) in [4.78, 5) is 18.9. The zero-order valence-corrected chi connectivity index (χ0v) is 13.0. The van der Waals surface area contributed by atoms with Gasteiger partial charge in [-0.25, -0.2) is 4.98 Å². The zero-order valence-electron chi connectivity index (χ0n) is 13.0. The highest BCUT2D eigenvalue weighted by Crippen LogP contribution is 2.39. The number of rotatable bonds is 2. The Labute approximate surface area is 135 Å². The molecule has 2 atom stereocenters. The van der Waals surface area contributed by atoms with Crippen LogP contribution in [0.15, 0.2) is 36.4 Å². The number of para-hydroxylation sites is 1. The summed E-state index contributed by atoms with van der Waals surface area (Å²) in [7, 11) is 0. The lowest BCUT2D eigenvalue weighted by Crippen LogP contribution is -2.63. The standard InChI is InChI=1S/C18H21N3O2/c22-17(23)18-9-3-10-19-15(18)8-11-21(12-18)16-7-6-13-4-1-2-5-14(13)20-16/h1-2,4-7,15,19H,3,8-12H2,(H,22,23)/t15-,18+/m1/s1. The summed E-state index contributed by atoms with van der Waals surface area (Å²) in [5.74, 6) is 0.202. The predicted octanol–water partition coefficient (Wildman–Crippen LogP) is 2.27. The number of carboxylic acids is 1. The van der Waals surface area contributed by atoms with E-state index in [1.165, 1.54) is 0 Å². The lowest BCUT2D eigenvalue weighted by Gasteiger charge is -2.48. The maximum atomic E-state index is 12.0. The molecule has 2 fully saturated rings. The van der Waals surface area contributed by atoms with Crippen LogP contribution in [0, 0.1) is 5.41 Å². The Bertz CT molecular complexity index is 748. The Morgan fingerprint density at radius 1 is 1.30 bits per heavy atom. The fourth-order valence-electron chi connectivity index (χ4n) is 4.07. The van der Waals surface area contributed by atoms with Crippen molar-refractivity contribution in [1.29, 1.82) is 0 Å². The minimum Gasteiger partial charge on any atom is -0.481 e. The quantitative estimate of drug-likeness (QED) is 0.890. The maximum absolute atomic E-state index is 12.0. The van der Waals surface area contributed by atoms with Gasteiger partial charge in [0.2, 0.25) is 0 Å². The lowest BCUT2D eigenvalue weighted by molar-refractivity contribution is -0.153. The van der Waals surface area contributed by atoms with Crippen LogP contribution in [0.4, 0.5) is 5.82 Å². The number of hydrogen-bond donors (Lipinski definition) is 2. The van der Waals surface area contributed by atoms with Gasteiger partial charge in [-0.1, -0.05) is 18.2 Å². The summed E-state index contributed by atoms with van der Waals surface area (Å²) in [5, 5.41) is 14.4. The van der Waals surface area contributed by atoms with Crippen LogP contribution < -0.4 is 10.2 Å². The number of pyridine rings is 1. The molecule has 3 heterocycles. The van der Waals surface area contributed by atoms with Crippen LogP contribution in [-0.4, -0.2) is 41.7 Å². The molecule has 2 saturated heterocycles. The second kappa shape index (κ2) is 5.49. The van der Waals surface area contributed by atoms with Crippen molar-refractivity contribution in [2.75, 3.05) is 24.5 Å². The summed E-state index contributed by atoms with van der Waals surface area (Å²) in [6.07, 6.45) is 2.51. The Morgan fingerprint density at radius 2 is 2.17 bits per heavy atom. The van der Waals surface area contributed by atoms with Crippen molar-refractivity contribution in [3.05, 3.63) is 36.4 Å². The molecular weight excluding hydrogens is 290 g/mol. The van der Waals surface area contributed by atoms with Crippen molar-refractivity contribution < 1.29 is 9.90 Å². The molecule has 0 radical (unpaired) electrons. The van der Waals surface area contributed by atoms with Crippen LogP contribution in [-0.2, 0) is 4.79 Å². The summed E-state index contributed by atoms with van der Waals surface area (Å²) in [6.45, 7) is 2.30. The SMILES string of the molecule is O=C(O)[C@]12CCCN[C@@H]1CCN(c1ccc3ccccc3n1)C2. The van der Waals surface area contributed by atoms with E-state index in [1.54, 1.807) is 0 Å². The second-order valence-corrected chi connectivity index (χ2v) is 6.64. The fourth-order valence-corrected chi connectivity index (χ4v) is 4.07. The minimum absolute atomic E-state index is 0.0745. The van der Waals surface area contributed by atoms with Gasteiger partial charge in [0.1, 0.15) is 11.2 Å². The van der Waals surface area contributed by atoms with Gasteiger partial charge in [0.05, 0.1) is 5.52 Å². The molecule has 2 aromatic rings. The topological polar surface area (TPSA) is 65.5 Å². The number of nitrogens with zero attached hydrogens (tertiary/aromatic N) is 2. The van der Waals surface area contributed by atoms with E-state index < -0.39 is 11.4 Å². The number of aromatic nitrogens is 1. The monoisotopic (exact) mass is 311 g/mol. The average molecular weight is 311 g/mol. The molecule has 0 bridgehead atoms. The zero-order chi connectivity index (χ0) is 15.9. The van der Waals surface area contributed by atoms with Gasteiger partial charge in [-0.05, 0) is 44.0 Å². The average Bonchev–Trinajstić information content (AvgIpc) is 2.60. The molecule has 0 unspecified atom stereocenters. The van der Waals surface area contributed by atoms with E-state index in [2.05, 4.69) is 16.3 Å². The van der Waals surface area contributed by atoms with Gasteiger partial charge in [-0.2, -0.15) is 0 Å². The third-order valence-corrected chi connectivity index (χ3v) is 5.35. The molecule has 0 saturated carbocycles. The number of carboxylic acid groups (broad SMARTS) is 1. The maximum Gasteiger partial charge on any atom is 0.313 e. The van der Waals surface area contributed by atoms with Gasteiger partial charge in [0.25, 0.3) is 0 Å². The largest absolute Gasteiger partial charge is 0.481 e. The molecule has 2 N–H and O–H groups in total. The number of nitrogens with one attached hydrogen (secondary N) is 1. The van der Waals surface area contributed by atoms with Crippen LogP contribution in [0.2, 0.25) is 0 Å². The Kier molecular flexibility index (Phi) is 3.45. The van der Waals surface area contributed by atoms with Crippen LogP contribution >= 0.6 is 0 Å². The van der Waals surface area contributed by atoms with Gasteiger partial charge in [-0.15, -0.1) is 0 Å². The molecular formula is C18H21N3O2. The van der Waals surface area contributed by atoms with E-state index in [1.807, 2.05) is 30.3 Å². The van der Waals surface area contributed by atoms with Crippen molar-refractivity contribution in [2.45, 2.75) is 25.3 Å². The molecule has 1 aromatic carbocycles. The molecule has 120 valence electrons. The number of fused-ring (bicyclic) bond motifs is 2. The summed E-state index contributed by atoms with van der Waals surface area (Å²) >= 11 is 0. The highest BCUT2D eigenvalue weighted by molar-refractivity contribution is 5.81. The van der Waals surface area contributed by atoms with Crippen molar-refractivity contribution in [2.24, 2.45) is 5.41 Å². The van der Waals surface area contributed by atoms with E-state index in [-0.39, 0.29) is 6.04 Å². The second-order valence-electron chi connectivity index (χ2n) is 6.64. The smallest absolute Gasteiger partial charge is 0.313 e. The van der Waals surface area contributed by atoms with Crippen molar-refractivity contribution in [1.82, 2.24) is 10.3 Å². The Morgan fingerprint density at radius 3 is 3.04 bits per heavy atom. The molecule has 4 rings (SSSR count). The first kappa shape index (κ1) is 14.5. The van der Waals surface area contributed by atoms with Gasteiger partial charge in [0.15, 0.2) is 0 Å². The fraction of sp³-hybridized carbons (Fsp3) is 0.444. The van der Waals surface area contributed by atoms with Crippen LogP contribution in [0.5, 0.6) is 0 Å². The first-order chi connectivity index (χ1) is 11.2. The van der Waals surface area contributed by atoms with Crippen LogP contribution in [0.25, 0.3) is 10.9 Å². The summed E-state index contributed by atoms with van der Waals surface area (Å²) < 4.78 is 0. The first-order valence-electron chi connectivity index (χ1n) is 8.27. The highest BCUT2D eigenvalue weighted by atomic mass is 16.4. The number of anilines is 1. The van der Waals surface area contributed by atoms with Gasteiger partial charge in [-0.3, -0.25) is 4.79 Å². The van der Waals surface area contributed by atoms with E-state index in [9.17, 15) is 9.90 Å². The number of carbonyl (C=O) groups is 1. The molecule has 5 heteroatoms. The van der Waals surface area contributed by atoms with E-state index in [0.717, 1.165) is 49.1 Å². The number of aliphatic carboxylic acids is 1. The molecule has 2 aliphatic rings. The van der Waals surface area contributed by atoms with Gasteiger partial charge >= 0.3 is 5.97 Å². The van der Waals surface area contributed by atoms with Crippen molar-refractivity contribution in [3.8, 4) is 0 Å². The first-order valence-corrected chi connectivity index (χ1v) is 8.27. The molecule has 5 nitrogen and oxygen atoms in total. The van der Waals surface area contributed by atoms with E-state index in [0.29, 0.717) is 6.54 Å². The van der Waals surface area contributed by atoms with E-state index >= 15 is 0 Å². The predicted molar refractivity (Wildman–Crippen MR) is 89.7 cm³/mol. The van der Waals surface area contributed by atoms with Crippen molar-refractivity contribution >= 4 is 22.7 Å². The number of benzene rings is 1. The summed E-state index contributed by atoms with van der Waals surface area (Å²) in [5.41, 5.74) is 0.266. The number of piperidine rings is 2. The van der Waals surface area contributed by atoms with Crippen molar-refractivity contribution in [3.63, 3.8) is 0 Å². The summed E-state index contributed by atoms with van der Waals surface area (Å²) in [6, 6.07) is 12.2. The highest BCUT2D eigenvalue weighted by Gasteiger charge is 2.50. The molecule has 2 aliphatic heterocycles. The Hall–Kier alpha value is -2.14. The molecule has 0 spiro atoms.